The minimum Gasteiger partial charge on any atom is -0.481 e. The maximum absolute atomic E-state index is 11.6. The van der Waals surface area contributed by atoms with Gasteiger partial charge in [0, 0.05) is 17.1 Å². The summed E-state index contributed by atoms with van der Waals surface area (Å²) < 4.78 is 0. The molecule has 0 spiro atoms. The summed E-state index contributed by atoms with van der Waals surface area (Å²) in [5.74, 6) is -1.89. The lowest BCUT2D eigenvalue weighted by molar-refractivity contribution is -0.142. The maximum atomic E-state index is 11.6. The normalized spacial score (nSPS) is 14.1. The SMILES string of the molecule is CC(NC(=O)/C=C/c1ccc(Cl)cc1)C(C)C(=O)O. The zero-order chi connectivity index (χ0) is 14.4. The van der Waals surface area contributed by atoms with E-state index in [1.807, 2.05) is 0 Å². The Hall–Kier alpha value is -1.81. The Bertz CT molecular complexity index is 482. The van der Waals surface area contributed by atoms with Crippen molar-refractivity contribution in [2.45, 2.75) is 19.9 Å². The molecule has 4 nitrogen and oxygen atoms in total. The zero-order valence-corrected chi connectivity index (χ0v) is 11.5. The predicted molar refractivity (Wildman–Crippen MR) is 74.9 cm³/mol. The molecular formula is C14H16ClNO3. The molecule has 0 bridgehead atoms. The van der Waals surface area contributed by atoms with E-state index in [2.05, 4.69) is 5.32 Å². The van der Waals surface area contributed by atoms with Crippen molar-refractivity contribution in [3.63, 3.8) is 0 Å². The summed E-state index contributed by atoms with van der Waals surface area (Å²) in [7, 11) is 0. The van der Waals surface area contributed by atoms with Gasteiger partial charge in [-0.25, -0.2) is 0 Å². The lowest BCUT2D eigenvalue weighted by atomic mass is 10.0. The van der Waals surface area contributed by atoms with Crippen LogP contribution in [0, 0.1) is 5.92 Å². The van der Waals surface area contributed by atoms with Crippen molar-refractivity contribution >= 4 is 29.6 Å². The molecule has 0 fully saturated rings. The van der Waals surface area contributed by atoms with Gasteiger partial charge in [-0.05, 0) is 37.6 Å². The third-order valence-electron chi connectivity index (χ3n) is 2.81. The first-order valence-electron chi connectivity index (χ1n) is 5.87. The number of rotatable bonds is 5. The molecule has 1 aromatic rings. The summed E-state index contributed by atoms with van der Waals surface area (Å²) in [5, 5.41) is 12.1. The number of nitrogens with one attached hydrogen (secondary N) is 1. The fraction of sp³-hybridized carbons (Fsp3) is 0.286. The number of carboxylic acid groups (broad SMARTS) is 1. The summed E-state index contributed by atoms with van der Waals surface area (Å²) in [5.41, 5.74) is 0.846. The highest BCUT2D eigenvalue weighted by Gasteiger charge is 2.19. The molecule has 19 heavy (non-hydrogen) atoms. The first-order valence-corrected chi connectivity index (χ1v) is 6.25. The van der Waals surface area contributed by atoms with Crippen LogP contribution < -0.4 is 5.32 Å². The Morgan fingerprint density at radius 3 is 2.37 bits per heavy atom. The molecule has 1 aromatic carbocycles. The van der Waals surface area contributed by atoms with Gasteiger partial charge in [0.25, 0.3) is 0 Å². The maximum Gasteiger partial charge on any atom is 0.308 e. The Balaban J connectivity index is 2.55. The Kier molecular flexibility index (Phi) is 5.57. The van der Waals surface area contributed by atoms with Crippen molar-refractivity contribution in [1.82, 2.24) is 5.32 Å². The smallest absolute Gasteiger partial charge is 0.308 e. The second-order valence-corrected chi connectivity index (χ2v) is 4.75. The largest absolute Gasteiger partial charge is 0.481 e. The molecule has 0 aliphatic rings. The molecular weight excluding hydrogens is 266 g/mol. The standard InChI is InChI=1S/C14H16ClNO3/c1-9(14(18)19)10(2)16-13(17)8-5-11-3-6-12(15)7-4-11/h3-10H,1-2H3,(H,16,17)(H,18,19)/b8-5+. The highest BCUT2D eigenvalue weighted by Crippen LogP contribution is 2.10. The third-order valence-corrected chi connectivity index (χ3v) is 3.06. The van der Waals surface area contributed by atoms with Crippen molar-refractivity contribution in [2.24, 2.45) is 5.92 Å². The van der Waals surface area contributed by atoms with E-state index in [4.69, 9.17) is 16.7 Å². The van der Waals surface area contributed by atoms with Gasteiger partial charge in [0.1, 0.15) is 0 Å². The molecule has 1 rings (SSSR count). The van der Waals surface area contributed by atoms with Crippen LogP contribution in [0.25, 0.3) is 6.08 Å². The molecule has 2 N–H and O–H groups in total. The quantitative estimate of drug-likeness (QED) is 0.815. The predicted octanol–water partition coefficient (Wildman–Crippen LogP) is 2.58. The van der Waals surface area contributed by atoms with E-state index in [0.29, 0.717) is 5.02 Å². The van der Waals surface area contributed by atoms with Crippen molar-refractivity contribution in [1.29, 1.82) is 0 Å². The monoisotopic (exact) mass is 281 g/mol. The zero-order valence-electron chi connectivity index (χ0n) is 10.8. The molecule has 2 atom stereocenters. The second-order valence-electron chi connectivity index (χ2n) is 4.31. The summed E-state index contributed by atoms with van der Waals surface area (Å²) in [6.45, 7) is 3.21. The average Bonchev–Trinajstić information content (AvgIpc) is 2.37. The highest BCUT2D eigenvalue weighted by molar-refractivity contribution is 6.30. The van der Waals surface area contributed by atoms with E-state index in [1.54, 1.807) is 44.2 Å². The first kappa shape index (κ1) is 15.2. The van der Waals surface area contributed by atoms with Gasteiger partial charge < -0.3 is 10.4 Å². The van der Waals surface area contributed by atoms with Gasteiger partial charge in [-0.2, -0.15) is 0 Å². The molecule has 0 aliphatic carbocycles. The van der Waals surface area contributed by atoms with Gasteiger partial charge in [0.2, 0.25) is 5.91 Å². The van der Waals surface area contributed by atoms with E-state index in [0.717, 1.165) is 5.56 Å². The molecule has 5 heteroatoms. The van der Waals surface area contributed by atoms with E-state index in [1.165, 1.54) is 6.08 Å². The van der Waals surface area contributed by atoms with Crippen molar-refractivity contribution in [3.05, 3.63) is 40.9 Å². The van der Waals surface area contributed by atoms with Crippen LogP contribution in [0.5, 0.6) is 0 Å². The number of hydrogen-bond donors (Lipinski definition) is 2. The molecule has 1 amide bonds. The fourth-order valence-electron chi connectivity index (χ4n) is 1.36. The van der Waals surface area contributed by atoms with Gasteiger partial charge in [0.15, 0.2) is 0 Å². The van der Waals surface area contributed by atoms with Gasteiger partial charge in [-0.3, -0.25) is 9.59 Å². The van der Waals surface area contributed by atoms with Crippen molar-refractivity contribution < 1.29 is 14.7 Å². The number of carboxylic acids is 1. The lowest BCUT2D eigenvalue weighted by Gasteiger charge is -2.16. The summed E-state index contributed by atoms with van der Waals surface area (Å²) in [6, 6.07) is 6.60. The molecule has 0 heterocycles. The minimum absolute atomic E-state index is 0.324. The summed E-state index contributed by atoms with van der Waals surface area (Å²) in [4.78, 5) is 22.4. The fourth-order valence-corrected chi connectivity index (χ4v) is 1.48. The van der Waals surface area contributed by atoms with Crippen LogP contribution in [0.15, 0.2) is 30.3 Å². The highest BCUT2D eigenvalue weighted by atomic mass is 35.5. The Morgan fingerprint density at radius 2 is 1.84 bits per heavy atom. The summed E-state index contributed by atoms with van der Waals surface area (Å²) in [6.07, 6.45) is 3.01. The summed E-state index contributed by atoms with van der Waals surface area (Å²) >= 11 is 5.75. The number of benzene rings is 1. The van der Waals surface area contributed by atoms with Gasteiger partial charge in [0.05, 0.1) is 5.92 Å². The molecule has 0 saturated heterocycles. The molecule has 0 radical (unpaired) electrons. The van der Waals surface area contributed by atoms with Crippen LogP contribution in [-0.2, 0) is 9.59 Å². The first-order chi connectivity index (χ1) is 8.90. The number of aliphatic carboxylic acids is 1. The average molecular weight is 282 g/mol. The number of hydrogen-bond acceptors (Lipinski definition) is 2. The third kappa shape index (κ3) is 5.14. The number of carbonyl (C=O) groups excluding carboxylic acids is 1. The lowest BCUT2D eigenvalue weighted by Crippen LogP contribution is -2.39. The van der Waals surface area contributed by atoms with Crippen LogP contribution >= 0.6 is 11.6 Å². The Labute approximate surface area is 117 Å². The Morgan fingerprint density at radius 1 is 1.26 bits per heavy atom. The molecule has 0 saturated carbocycles. The van der Waals surface area contributed by atoms with Crippen LogP contribution in [0.1, 0.15) is 19.4 Å². The van der Waals surface area contributed by atoms with Crippen LogP contribution in [0.2, 0.25) is 5.02 Å². The van der Waals surface area contributed by atoms with E-state index in [-0.39, 0.29) is 5.91 Å². The van der Waals surface area contributed by atoms with E-state index in [9.17, 15) is 9.59 Å². The van der Waals surface area contributed by atoms with Gasteiger partial charge in [-0.15, -0.1) is 0 Å². The molecule has 0 aromatic heterocycles. The molecule has 0 aliphatic heterocycles. The van der Waals surface area contributed by atoms with Gasteiger partial charge in [-0.1, -0.05) is 23.7 Å². The topological polar surface area (TPSA) is 66.4 Å². The minimum atomic E-state index is -0.936. The second kappa shape index (κ2) is 6.95. The van der Waals surface area contributed by atoms with Crippen LogP contribution in [0.3, 0.4) is 0 Å². The van der Waals surface area contributed by atoms with E-state index < -0.39 is 17.9 Å². The number of carbonyl (C=O) groups is 2. The van der Waals surface area contributed by atoms with Crippen LogP contribution in [-0.4, -0.2) is 23.0 Å². The number of halogens is 1. The van der Waals surface area contributed by atoms with Gasteiger partial charge >= 0.3 is 5.97 Å². The molecule has 102 valence electrons. The number of amides is 1. The van der Waals surface area contributed by atoms with Crippen LogP contribution in [0.4, 0.5) is 0 Å². The van der Waals surface area contributed by atoms with Crippen molar-refractivity contribution in [3.8, 4) is 0 Å². The van der Waals surface area contributed by atoms with E-state index >= 15 is 0 Å². The molecule has 2 unspecified atom stereocenters. The van der Waals surface area contributed by atoms with Crippen molar-refractivity contribution in [2.75, 3.05) is 0 Å².